The number of carbonyl (C=O) groups excluding carboxylic acids is 1. The summed E-state index contributed by atoms with van der Waals surface area (Å²) in [4.78, 5) is 27.1. The van der Waals surface area contributed by atoms with Gasteiger partial charge in [-0.1, -0.05) is 13.8 Å². The molecule has 1 rings (SSSR count). The van der Waals surface area contributed by atoms with E-state index in [1.807, 2.05) is 19.0 Å². The maximum absolute atomic E-state index is 12.2. The standard InChI is InChI=1S/C14H27N3O3/c1-11(2)9-17(8-7-16(3)4)13(20)15-10-14(5-6-14)12(18)19/h11H,5-10H2,1-4H3,(H,15,20)(H,18,19). The van der Waals surface area contributed by atoms with Gasteiger partial charge in [-0.05, 0) is 32.9 Å². The average molecular weight is 285 g/mol. The lowest BCUT2D eigenvalue weighted by Gasteiger charge is -2.27. The molecule has 1 saturated carbocycles. The van der Waals surface area contributed by atoms with E-state index in [0.717, 1.165) is 6.54 Å². The van der Waals surface area contributed by atoms with Crippen molar-refractivity contribution in [2.75, 3.05) is 40.3 Å². The van der Waals surface area contributed by atoms with Crippen LogP contribution < -0.4 is 5.32 Å². The molecule has 0 spiro atoms. The van der Waals surface area contributed by atoms with E-state index in [-0.39, 0.29) is 12.6 Å². The molecule has 0 atom stereocenters. The monoisotopic (exact) mass is 285 g/mol. The molecule has 0 heterocycles. The normalized spacial score (nSPS) is 16.3. The molecule has 6 nitrogen and oxygen atoms in total. The van der Waals surface area contributed by atoms with Gasteiger partial charge in [0.1, 0.15) is 0 Å². The van der Waals surface area contributed by atoms with Gasteiger partial charge >= 0.3 is 12.0 Å². The van der Waals surface area contributed by atoms with Crippen molar-refractivity contribution in [3.05, 3.63) is 0 Å². The van der Waals surface area contributed by atoms with E-state index in [0.29, 0.717) is 31.8 Å². The van der Waals surface area contributed by atoms with Crippen molar-refractivity contribution >= 4 is 12.0 Å². The summed E-state index contributed by atoms with van der Waals surface area (Å²) in [5.41, 5.74) is -0.708. The molecule has 116 valence electrons. The van der Waals surface area contributed by atoms with Crippen molar-refractivity contribution < 1.29 is 14.7 Å². The molecule has 0 bridgehead atoms. The molecule has 6 heteroatoms. The summed E-state index contributed by atoms with van der Waals surface area (Å²) >= 11 is 0. The SMILES string of the molecule is CC(C)CN(CCN(C)C)C(=O)NCC1(C(=O)O)CC1. The Balaban J connectivity index is 2.48. The lowest BCUT2D eigenvalue weighted by Crippen LogP contribution is -2.47. The van der Waals surface area contributed by atoms with Crippen LogP contribution in [0.1, 0.15) is 26.7 Å². The van der Waals surface area contributed by atoms with Gasteiger partial charge in [0.05, 0.1) is 5.41 Å². The van der Waals surface area contributed by atoms with E-state index in [4.69, 9.17) is 5.11 Å². The van der Waals surface area contributed by atoms with E-state index < -0.39 is 11.4 Å². The Labute approximate surface area is 121 Å². The Hall–Kier alpha value is -1.30. The Bertz CT molecular complexity index is 352. The Morgan fingerprint density at radius 2 is 1.85 bits per heavy atom. The van der Waals surface area contributed by atoms with Crippen LogP contribution in [-0.4, -0.2) is 67.2 Å². The molecule has 1 aliphatic rings. The number of carboxylic acids is 1. The van der Waals surface area contributed by atoms with Gasteiger partial charge in [0, 0.05) is 26.2 Å². The summed E-state index contributed by atoms with van der Waals surface area (Å²) in [6.07, 6.45) is 1.31. The molecule has 2 N–H and O–H groups in total. The van der Waals surface area contributed by atoms with E-state index >= 15 is 0 Å². The van der Waals surface area contributed by atoms with Crippen LogP contribution in [0.3, 0.4) is 0 Å². The second kappa shape index (κ2) is 6.92. The van der Waals surface area contributed by atoms with Crippen molar-refractivity contribution in [2.45, 2.75) is 26.7 Å². The summed E-state index contributed by atoms with van der Waals surface area (Å²) in [5.74, 6) is -0.418. The van der Waals surface area contributed by atoms with Gasteiger partial charge in [-0.25, -0.2) is 4.79 Å². The molecular formula is C14H27N3O3. The van der Waals surface area contributed by atoms with Crippen molar-refractivity contribution in [2.24, 2.45) is 11.3 Å². The first kappa shape index (κ1) is 16.8. The molecule has 20 heavy (non-hydrogen) atoms. The number of hydrogen-bond acceptors (Lipinski definition) is 3. The molecule has 0 aromatic heterocycles. The zero-order valence-corrected chi connectivity index (χ0v) is 13.0. The van der Waals surface area contributed by atoms with Gasteiger partial charge in [0.2, 0.25) is 0 Å². The van der Waals surface area contributed by atoms with Crippen LogP contribution >= 0.6 is 0 Å². The van der Waals surface area contributed by atoms with E-state index in [9.17, 15) is 9.59 Å². The number of aliphatic carboxylic acids is 1. The van der Waals surface area contributed by atoms with Gasteiger partial charge in [0.15, 0.2) is 0 Å². The zero-order valence-electron chi connectivity index (χ0n) is 13.0. The molecule has 0 aromatic carbocycles. The molecule has 0 unspecified atom stereocenters. The largest absolute Gasteiger partial charge is 0.481 e. The van der Waals surface area contributed by atoms with Crippen molar-refractivity contribution in [1.29, 1.82) is 0 Å². The quantitative estimate of drug-likeness (QED) is 0.700. The number of carboxylic acid groups (broad SMARTS) is 1. The predicted octanol–water partition coefficient (Wildman–Crippen LogP) is 1.08. The maximum atomic E-state index is 12.2. The topological polar surface area (TPSA) is 72.9 Å². The maximum Gasteiger partial charge on any atom is 0.317 e. The molecule has 2 amide bonds. The third kappa shape index (κ3) is 5.00. The zero-order chi connectivity index (χ0) is 15.3. The molecular weight excluding hydrogens is 258 g/mol. The summed E-state index contributed by atoms with van der Waals surface area (Å²) in [6, 6.07) is -0.159. The lowest BCUT2D eigenvalue weighted by atomic mass is 10.1. The number of carbonyl (C=O) groups is 2. The van der Waals surface area contributed by atoms with Gasteiger partial charge in [-0.15, -0.1) is 0 Å². The fraction of sp³-hybridized carbons (Fsp3) is 0.857. The number of amides is 2. The van der Waals surface area contributed by atoms with Crippen molar-refractivity contribution in [3.63, 3.8) is 0 Å². The Morgan fingerprint density at radius 3 is 2.25 bits per heavy atom. The summed E-state index contributed by atoms with van der Waals surface area (Å²) in [5, 5.41) is 11.9. The summed E-state index contributed by atoms with van der Waals surface area (Å²) < 4.78 is 0. The van der Waals surface area contributed by atoms with Crippen molar-refractivity contribution in [3.8, 4) is 0 Å². The van der Waals surface area contributed by atoms with Crippen molar-refractivity contribution in [1.82, 2.24) is 15.1 Å². The molecule has 0 aromatic rings. The number of nitrogens with zero attached hydrogens (tertiary/aromatic N) is 2. The molecule has 0 saturated heterocycles. The highest BCUT2D eigenvalue weighted by Crippen LogP contribution is 2.45. The van der Waals surface area contributed by atoms with E-state index in [1.165, 1.54) is 0 Å². The minimum atomic E-state index is -0.804. The number of likely N-dealkylation sites (N-methyl/N-ethyl adjacent to an activating group) is 1. The molecule has 0 radical (unpaired) electrons. The molecule has 1 fully saturated rings. The van der Waals surface area contributed by atoms with Crippen LogP contribution in [-0.2, 0) is 4.79 Å². The number of urea groups is 1. The van der Waals surface area contributed by atoms with Gasteiger partial charge < -0.3 is 20.2 Å². The molecule has 1 aliphatic carbocycles. The summed E-state index contributed by atoms with van der Waals surface area (Å²) in [6.45, 7) is 6.49. The van der Waals surface area contributed by atoms with E-state index in [2.05, 4.69) is 19.2 Å². The van der Waals surface area contributed by atoms with Crippen LogP contribution in [0.15, 0.2) is 0 Å². The van der Waals surface area contributed by atoms with Crippen LogP contribution in [0.4, 0.5) is 4.79 Å². The summed E-state index contributed by atoms with van der Waals surface area (Å²) in [7, 11) is 3.93. The van der Waals surface area contributed by atoms with Gasteiger partial charge in [0.25, 0.3) is 0 Å². The average Bonchev–Trinajstić information content (AvgIpc) is 3.12. The first-order chi connectivity index (χ1) is 9.27. The third-order valence-electron chi connectivity index (χ3n) is 3.58. The number of rotatable bonds is 8. The highest BCUT2D eigenvalue weighted by molar-refractivity contribution is 5.80. The van der Waals surface area contributed by atoms with E-state index in [1.54, 1.807) is 4.90 Å². The first-order valence-corrected chi connectivity index (χ1v) is 7.18. The molecule has 0 aliphatic heterocycles. The minimum Gasteiger partial charge on any atom is -0.481 e. The highest BCUT2D eigenvalue weighted by Gasteiger charge is 2.50. The van der Waals surface area contributed by atoms with Crippen LogP contribution in [0, 0.1) is 11.3 Å². The predicted molar refractivity (Wildman–Crippen MR) is 77.7 cm³/mol. The first-order valence-electron chi connectivity index (χ1n) is 7.18. The second-order valence-corrected chi connectivity index (χ2v) is 6.39. The Morgan fingerprint density at radius 1 is 1.25 bits per heavy atom. The van der Waals surface area contributed by atoms with Gasteiger partial charge in [-0.2, -0.15) is 0 Å². The smallest absolute Gasteiger partial charge is 0.317 e. The third-order valence-corrected chi connectivity index (χ3v) is 3.58. The van der Waals surface area contributed by atoms with Crippen LogP contribution in [0.25, 0.3) is 0 Å². The fourth-order valence-corrected chi connectivity index (χ4v) is 2.01. The number of hydrogen-bond donors (Lipinski definition) is 2. The Kier molecular flexibility index (Phi) is 5.80. The lowest BCUT2D eigenvalue weighted by molar-refractivity contribution is -0.143. The van der Waals surface area contributed by atoms with Crippen LogP contribution in [0.5, 0.6) is 0 Å². The minimum absolute atomic E-state index is 0.159. The van der Waals surface area contributed by atoms with Gasteiger partial charge in [-0.3, -0.25) is 4.79 Å². The highest BCUT2D eigenvalue weighted by atomic mass is 16.4. The second-order valence-electron chi connectivity index (χ2n) is 6.39. The number of nitrogens with one attached hydrogen (secondary N) is 1. The van der Waals surface area contributed by atoms with Crippen LogP contribution in [0.2, 0.25) is 0 Å². The fourth-order valence-electron chi connectivity index (χ4n) is 2.01.